The van der Waals surface area contributed by atoms with Gasteiger partial charge in [0.25, 0.3) is 5.91 Å². The third-order valence-electron chi connectivity index (χ3n) is 5.65. The first-order chi connectivity index (χ1) is 14.2. The van der Waals surface area contributed by atoms with Gasteiger partial charge in [-0.25, -0.2) is 9.40 Å². The minimum Gasteiger partial charge on any atom is -0.496 e. The molecule has 0 bridgehead atoms. The Labute approximate surface area is 170 Å². The van der Waals surface area contributed by atoms with Gasteiger partial charge in [0.2, 0.25) is 0 Å². The van der Waals surface area contributed by atoms with Gasteiger partial charge in [0.1, 0.15) is 11.6 Å². The lowest BCUT2D eigenvalue weighted by atomic mass is 9.97. The normalized spacial score (nSPS) is 19.9. The summed E-state index contributed by atoms with van der Waals surface area (Å²) in [6.45, 7) is 2.27. The topological polar surface area (TPSA) is 45.1 Å². The molecule has 6 heteroatoms. The number of nitrogens with zero attached hydrogens (tertiary/aromatic N) is 3. The second kappa shape index (κ2) is 8.74. The van der Waals surface area contributed by atoms with Crippen molar-refractivity contribution >= 4 is 11.6 Å². The van der Waals surface area contributed by atoms with E-state index in [-0.39, 0.29) is 17.8 Å². The van der Waals surface area contributed by atoms with Crippen LogP contribution in [0.15, 0.2) is 53.6 Å². The van der Waals surface area contributed by atoms with Crippen LogP contribution in [0.2, 0.25) is 0 Å². The number of hydrogen-bond donors (Lipinski definition) is 0. The molecule has 1 fully saturated rings. The molecule has 0 unspecified atom stereocenters. The SMILES string of the molecule is COc1ccccc1[C@@H]1CC(c2ccc(F)cc2)=NN1C(=O)CN1CCCCC1. The molecule has 2 aromatic rings. The molecule has 29 heavy (non-hydrogen) atoms. The maximum Gasteiger partial charge on any atom is 0.257 e. The number of piperidine rings is 1. The third kappa shape index (κ3) is 4.32. The Morgan fingerprint density at radius 3 is 2.55 bits per heavy atom. The zero-order chi connectivity index (χ0) is 20.2. The van der Waals surface area contributed by atoms with Crippen molar-refractivity contribution in [2.45, 2.75) is 31.7 Å². The first-order valence-corrected chi connectivity index (χ1v) is 10.2. The van der Waals surface area contributed by atoms with Crippen LogP contribution in [0.4, 0.5) is 4.39 Å². The molecule has 1 saturated heterocycles. The van der Waals surface area contributed by atoms with Gasteiger partial charge in [-0.05, 0) is 49.7 Å². The van der Waals surface area contributed by atoms with E-state index < -0.39 is 0 Å². The molecule has 152 valence electrons. The second-order valence-electron chi connectivity index (χ2n) is 7.59. The van der Waals surface area contributed by atoms with Crippen LogP contribution < -0.4 is 4.74 Å². The number of likely N-dealkylation sites (tertiary alicyclic amines) is 1. The summed E-state index contributed by atoms with van der Waals surface area (Å²) in [7, 11) is 1.63. The van der Waals surface area contributed by atoms with E-state index in [0.717, 1.165) is 48.5 Å². The molecule has 0 saturated carbocycles. The van der Waals surface area contributed by atoms with Crippen LogP contribution in [0.3, 0.4) is 0 Å². The molecular formula is C23H26FN3O2. The lowest BCUT2D eigenvalue weighted by Gasteiger charge is -2.29. The molecule has 2 aliphatic rings. The molecule has 0 radical (unpaired) electrons. The molecule has 2 heterocycles. The summed E-state index contributed by atoms with van der Waals surface area (Å²) >= 11 is 0. The van der Waals surface area contributed by atoms with E-state index in [2.05, 4.69) is 10.0 Å². The monoisotopic (exact) mass is 395 g/mol. The summed E-state index contributed by atoms with van der Waals surface area (Å²) in [5, 5.41) is 6.28. The Hall–Kier alpha value is -2.73. The molecule has 2 aliphatic heterocycles. The Bertz CT molecular complexity index is 891. The van der Waals surface area contributed by atoms with Crippen LogP contribution >= 0.6 is 0 Å². The number of amides is 1. The molecule has 4 rings (SSSR count). The Morgan fingerprint density at radius 2 is 1.83 bits per heavy atom. The fourth-order valence-electron chi connectivity index (χ4n) is 4.12. The van der Waals surface area contributed by atoms with Gasteiger partial charge in [-0.1, -0.05) is 36.8 Å². The van der Waals surface area contributed by atoms with E-state index in [0.29, 0.717) is 13.0 Å². The van der Waals surface area contributed by atoms with E-state index >= 15 is 0 Å². The summed E-state index contributed by atoms with van der Waals surface area (Å²) in [6, 6.07) is 13.8. The van der Waals surface area contributed by atoms with Gasteiger partial charge in [0.15, 0.2) is 0 Å². The highest BCUT2D eigenvalue weighted by atomic mass is 19.1. The van der Waals surface area contributed by atoms with Crippen molar-refractivity contribution in [3.05, 3.63) is 65.5 Å². The zero-order valence-electron chi connectivity index (χ0n) is 16.7. The van der Waals surface area contributed by atoms with Gasteiger partial charge in [-0.3, -0.25) is 9.69 Å². The highest BCUT2D eigenvalue weighted by Crippen LogP contribution is 2.37. The lowest BCUT2D eigenvalue weighted by molar-refractivity contribution is -0.134. The molecule has 1 amide bonds. The smallest absolute Gasteiger partial charge is 0.257 e. The van der Waals surface area contributed by atoms with Gasteiger partial charge < -0.3 is 4.74 Å². The molecule has 0 N–H and O–H groups in total. The number of carbonyl (C=O) groups excluding carboxylic acids is 1. The number of hydrazone groups is 1. The van der Waals surface area contributed by atoms with Crippen LogP contribution in [0.5, 0.6) is 5.75 Å². The number of benzene rings is 2. The van der Waals surface area contributed by atoms with Gasteiger partial charge in [0.05, 0.1) is 25.4 Å². The van der Waals surface area contributed by atoms with Crippen LogP contribution in [0, 0.1) is 5.82 Å². The summed E-state index contributed by atoms with van der Waals surface area (Å²) in [6.07, 6.45) is 4.06. The molecule has 0 aromatic heterocycles. The number of methoxy groups -OCH3 is 1. The van der Waals surface area contributed by atoms with Crippen LogP contribution in [0.1, 0.15) is 42.9 Å². The molecule has 2 aromatic carbocycles. The van der Waals surface area contributed by atoms with Crippen molar-refractivity contribution in [2.24, 2.45) is 5.10 Å². The highest BCUT2D eigenvalue weighted by molar-refractivity contribution is 6.03. The molecule has 5 nitrogen and oxygen atoms in total. The van der Waals surface area contributed by atoms with Crippen LogP contribution in [-0.2, 0) is 4.79 Å². The number of rotatable bonds is 5. The Morgan fingerprint density at radius 1 is 1.10 bits per heavy atom. The summed E-state index contributed by atoms with van der Waals surface area (Å²) in [4.78, 5) is 15.4. The fraction of sp³-hybridized carbons (Fsp3) is 0.391. The quantitative estimate of drug-likeness (QED) is 0.769. The highest BCUT2D eigenvalue weighted by Gasteiger charge is 2.35. The van der Waals surface area contributed by atoms with Crippen molar-refractivity contribution in [3.63, 3.8) is 0 Å². The van der Waals surface area contributed by atoms with E-state index in [9.17, 15) is 9.18 Å². The lowest BCUT2D eigenvalue weighted by Crippen LogP contribution is -2.40. The van der Waals surface area contributed by atoms with Gasteiger partial charge in [0, 0.05) is 12.0 Å². The minimum atomic E-state index is -0.286. The molecule has 0 aliphatic carbocycles. The van der Waals surface area contributed by atoms with Gasteiger partial charge >= 0.3 is 0 Å². The largest absolute Gasteiger partial charge is 0.496 e. The summed E-state index contributed by atoms with van der Waals surface area (Å²) in [5.74, 6) is 0.440. The van der Waals surface area contributed by atoms with Crippen LogP contribution in [0.25, 0.3) is 0 Å². The first kappa shape index (κ1) is 19.6. The maximum atomic E-state index is 13.4. The summed E-state index contributed by atoms with van der Waals surface area (Å²) < 4.78 is 18.9. The molecular weight excluding hydrogens is 369 g/mol. The van der Waals surface area contributed by atoms with Crippen molar-refractivity contribution in [3.8, 4) is 5.75 Å². The minimum absolute atomic E-state index is 0.0140. The number of ether oxygens (including phenoxy) is 1. The maximum absolute atomic E-state index is 13.4. The van der Waals surface area contributed by atoms with Crippen molar-refractivity contribution in [1.82, 2.24) is 9.91 Å². The second-order valence-corrected chi connectivity index (χ2v) is 7.59. The Balaban J connectivity index is 1.63. The summed E-state index contributed by atoms with van der Waals surface area (Å²) in [5.41, 5.74) is 2.55. The fourth-order valence-corrected chi connectivity index (χ4v) is 4.12. The number of para-hydroxylation sites is 1. The molecule has 1 atom stereocenters. The average Bonchev–Trinajstić information content (AvgIpc) is 3.20. The number of halogens is 1. The predicted molar refractivity (Wildman–Crippen MR) is 110 cm³/mol. The van der Waals surface area contributed by atoms with Crippen molar-refractivity contribution in [2.75, 3.05) is 26.7 Å². The Kier molecular flexibility index (Phi) is 5.90. The van der Waals surface area contributed by atoms with Crippen molar-refractivity contribution in [1.29, 1.82) is 0 Å². The van der Waals surface area contributed by atoms with Crippen molar-refractivity contribution < 1.29 is 13.9 Å². The van der Waals surface area contributed by atoms with E-state index in [1.807, 2.05) is 24.3 Å². The third-order valence-corrected chi connectivity index (χ3v) is 5.65. The van der Waals surface area contributed by atoms with E-state index in [1.165, 1.54) is 18.6 Å². The first-order valence-electron chi connectivity index (χ1n) is 10.2. The van der Waals surface area contributed by atoms with Crippen LogP contribution in [-0.4, -0.2) is 48.3 Å². The van der Waals surface area contributed by atoms with Gasteiger partial charge in [-0.2, -0.15) is 5.10 Å². The number of hydrogen-bond acceptors (Lipinski definition) is 4. The van der Waals surface area contributed by atoms with E-state index in [4.69, 9.17) is 4.74 Å². The average molecular weight is 395 g/mol. The number of carbonyl (C=O) groups is 1. The van der Waals surface area contributed by atoms with E-state index in [1.54, 1.807) is 24.3 Å². The van der Waals surface area contributed by atoms with Gasteiger partial charge in [-0.15, -0.1) is 0 Å². The predicted octanol–water partition coefficient (Wildman–Crippen LogP) is 4.00. The zero-order valence-corrected chi connectivity index (χ0v) is 16.7. The molecule has 0 spiro atoms. The standard InChI is InChI=1S/C23H26FN3O2/c1-29-22-8-4-3-7-19(22)21-15-20(17-9-11-18(24)12-10-17)25-27(21)23(28)16-26-13-5-2-6-14-26/h3-4,7-12,21H,2,5-6,13-16H2,1H3/t21-/m0/s1.